The van der Waals surface area contributed by atoms with Crippen LogP contribution in [-0.2, 0) is 0 Å². The van der Waals surface area contributed by atoms with Gasteiger partial charge in [0.2, 0.25) is 0 Å². The molecule has 0 atom stereocenters. The third-order valence-electron chi connectivity index (χ3n) is 3.33. The first-order valence-electron chi connectivity index (χ1n) is 6.94. The number of rotatable bonds is 3. The third-order valence-corrected chi connectivity index (χ3v) is 3.33. The second kappa shape index (κ2) is 5.72. The van der Waals surface area contributed by atoms with Crippen molar-refractivity contribution in [1.82, 2.24) is 34.7 Å². The molecular weight excluding hydrogens is 290 g/mol. The van der Waals surface area contributed by atoms with Gasteiger partial charge in [0, 0.05) is 60.7 Å². The summed E-state index contributed by atoms with van der Waals surface area (Å²) in [7, 11) is 0. The Morgan fingerprint density at radius 2 is 1.30 bits per heavy atom. The topological polar surface area (TPSA) is 82.3 Å². The molecule has 0 amide bonds. The molecule has 0 aliphatic rings. The minimum absolute atomic E-state index is 0.719. The molecule has 4 rings (SSSR count). The molecular formula is C16H11N7. The second-order valence-electron chi connectivity index (χ2n) is 4.72. The molecule has 0 aromatic carbocycles. The fraction of sp³-hybridized carbons (Fsp3) is 0. The van der Waals surface area contributed by atoms with Crippen LogP contribution < -0.4 is 0 Å². The van der Waals surface area contributed by atoms with Gasteiger partial charge in [0.1, 0.15) is 0 Å². The minimum Gasteiger partial charge on any atom is -0.263 e. The first-order chi connectivity index (χ1) is 11.4. The molecule has 4 aromatic rings. The molecule has 0 bridgehead atoms. The van der Waals surface area contributed by atoms with E-state index in [1.165, 1.54) is 0 Å². The molecule has 4 heterocycles. The van der Waals surface area contributed by atoms with E-state index in [0.29, 0.717) is 0 Å². The molecule has 0 saturated carbocycles. The lowest BCUT2D eigenvalue weighted by Gasteiger charge is -2.13. The lowest BCUT2D eigenvalue weighted by molar-refractivity contribution is 0.879. The van der Waals surface area contributed by atoms with Gasteiger partial charge in [-0.15, -0.1) is 0 Å². The van der Waals surface area contributed by atoms with Crippen molar-refractivity contribution in [1.29, 1.82) is 0 Å². The fourth-order valence-electron chi connectivity index (χ4n) is 2.35. The van der Waals surface area contributed by atoms with Gasteiger partial charge < -0.3 is 0 Å². The van der Waals surface area contributed by atoms with Gasteiger partial charge in [-0.25, -0.2) is 4.68 Å². The van der Waals surface area contributed by atoms with Crippen LogP contribution in [0.2, 0.25) is 0 Å². The van der Waals surface area contributed by atoms with E-state index in [1.807, 2.05) is 12.3 Å². The SMILES string of the molecule is c1cnn(-c2c(-c3cnccn3)cncc2-c2cnccn2)c1. The number of pyridine rings is 1. The van der Waals surface area contributed by atoms with Gasteiger partial charge in [0.25, 0.3) is 0 Å². The van der Waals surface area contributed by atoms with Crippen LogP contribution in [-0.4, -0.2) is 34.7 Å². The molecule has 110 valence electrons. The highest BCUT2D eigenvalue weighted by molar-refractivity contribution is 5.80. The van der Waals surface area contributed by atoms with Crippen molar-refractivity contribution in [3.8, 4) is 28.2 Å². The van der Waals surface area contributed by atoms with Gasteiger partial charge in [0.05, 0.1) is 29.5 Å². The van der Waals surface area contributed by atoms with Crippen LogP contribution in [0, 0.1) is 0 Å². The number of nitrogens with zero attached hydrogens (tertiary/aromatic N) is 7. The summed E-state index contributed by atoms with van der Waals surface area (Å²) in [4.78, 5) is 21.4. The first-order valence-corrected chi connectivity index (χ1v) is 6.94. The van der Waals surface area contributed by atoms with E-state index >= 15 is 0 Å². The van der Waals surface area contributed by atoms with E-state index in [-0.39, 0.29) is 0 Å². The summed E-state index contributed by atoms with van der Waals surface area (Å²) in [5.74, 6) is 0. The Bertz CT molecular complexity index is 848. The largest absolute Gasteiger partial charge is 0.263 e. The summed E-state index contributed by atoms with van der Waals surface area (Å²) in [6.45, 7) is 0. The van der Waals surface area contributed by atoms with Gasteiger partial charge in [-0.3, -0.25) is 24.9 Å². The van der Waals surface area contributed by atoms with Gasteiger partial charge in [-0.1, -0.05) is 0 Å². The van der Waals surface area contributed by atoms with Crippen LogP contribution in [0.1, 0.15) is 0 Å². The third kappa shape index (κ3) is 2.44. The van der Waals surface area contributed by atoms with Crippen molar-refractivity contribution in [2.75, 3.05) is 0 Å². The van der Waals surface area contributed by atoms with Crippen LogP contribution in [0.15, 0.2) is 68.0 Å². The molecule has 0 N–H and O–H groups in total. The average Bonchev–Trinajstić information content (AvgIpc) is 3.17. The number of aromatic nitrogens is 7. The van der Waals surface area contributed by atoms with Crippen molar-refractivity contribution in [2.24, 2.45) is 0 Å². The van der Waals surface area contributed by atoms with Crippen LogP contribution in [0.5, 0.6) is 0 Å². The van der Waals surface area contributed by atoms with Crippen LogP contribution in [0.4, 0.5) is 0 Å². The van der Waals surface area contributed by atoms with Gasteiger partial charge >= 0.3 is 0 Å². The molecule has 4 aromatic heterocycles. The van der Waals surface area contributed by atoms with Gasteiger partial charge in [-0.2, -0.15) is 5.10 Å². The maximum atomic E-state index is 4.37. The Morgan fingerprint density at radius 3 is 1.78 bits per heavy atom. The highest BCUT2D eigenvalue weighted by atomic mass is 15.3. The molecule has 0 saturated heterocycles. The summed E-state index contributed by atoms with van der Waals surface area (Å²) in [6.07, 6.45) is 17.1. The zero-order chi connectivity index (χ0) is 15.5. The molecule has 0 aliphatic heterocycles. The van der Waals surface area contributed by atoms with E-state index in [1.54, 1.807) is 60.5 Å². The molecule has 7 nitrogen and oxygen atoms in total. The molecule has 0 spiro atoms. The van der Waals surface area contributed by atoms with E-state index in [2.05, 4.69) is 30.0 Å². The summed E-state index contributed by atoms with van der Waals surface area (Å²) >= 11 is 0. The van der Waals surface area contributed by atoms with Crippen molar-refractivity contribution in [2.45, 2.75) is 0 Å². The zero-order valence-electron chi connectivity index (χ0n) is 12.0. The lowest BCUT2D eigenvalue weighted by atomic mass is 10.1. The molecule has 7 heteroatoms. The molecule has 0 fully saturated rings. The summed E-state index contributed by atoms with van der Waals surface area (Å²) in [5.41, 5.74) is 3.92. The fourth-order valence-corrected chi connectivity index (χ4v) is 2.35. The van der Waals surface area contributed by atoms with Crippen molar-refractivity contribution < 1.29 is 0 Å². The normalized spacial score (nSPS) is 10.6. The smallest absolute Gasteiger partial charge is 0.0922 e. The Labute approximate surface area is 131 Å². The van der Waals surface area contributed by atoms with Crippen LogP contribution >= 0.6 is 0 Å². The standard InChI is InChI=1S/C16H11N7/c1-2-22-23(7-1)16-12(14-10-17-3-5-20-14)8-19-9-13(16)15-11-18-4-6-21-15/h1-11H. The number of hydrogen-bond acceptors (Lipinski definition) is 6. The highest BCUT2D eigenvalue weighted by Crippen LogP contribution is 2.31. The predicted molar refractivity (Wildman–Crippen MR) is 83.4 cm³/mol. The highest BCUT2D eigenvalue weighted by Gasteiger charge is 2.16. The van der Waals surface area contributed by atoms with E-state index in [0.717, 1.165) is 28.2 Å². The maximum Gasteiger partial charge on any atom is 0.0922 e. The Balaban J connectivity index is 2.01. The Morgan fingerprint density at radius 1 is 0.652 bits per heavy atom. The zero-order valence-corrected chi connectivity index (χ0v) is 12.0. The predicted octanol–water partition coefficient (Wildman–Crippen LogP) is 2.18. The maximum absolute atomic E-state index is 4.37. The Kier molecular flexibility index (Phi) is 3.28. The molecule has 0 aliphatic carbocycles. The lowest BCUT2D eigenvalue weighted by Crippen LogP contribution is -2.03. The van der Waals surface area contributed by atoms with Gasteiger partial charge in [-0.05, 0) is 6.07 Å². The van der Waals surface area contributed by atoms with Crippen molar-refractivity contribution in [3.05, 3.63) is 68.0 Å². The summed E-state index contributed by atoms with van der Waals surface area (Å²) < 4.78 is 1.77. The molecule has 0 unspecified atom stereocenters. The van der Waals surface area contributed by atoms with Crippen molar-refractivity contribution >= 4 is 0 Å². The van der Waals surface area contributed by atoms with E-state index in [4.69, 9.17) is 0 Å². The van der Waals surface area contributed by atoms with Crippen LogP contribution in [0.25, 0.3) is 28.2 Å². The molecule has 0 radical (unpaired) electrons. The second-order valence-corrected chi connectivity index (χ2v) is 4.72. The summed E-state index contributed by atoms with van der Waals surface area (Å²) in [5, 5.41) is 4.35. The van der Waals surface area contributed by atoms with Gasteiger partial charge in [0.15, 0.2) is 0 Å². The first kappa shape index (κ1) is 13.2. The average molecular weight is 301 g/mol. The summed E-state index contributed by atoms with van der Waals surface area (Å²) in [6, 6.07) is 1.86. The minimum atomic E-state index is 0.719. The van der Waals surface area contributed by atoms with E-state index < -0.39 is 0 Å². The molecule has 23 heavy (non-hydrogen) atoms. The quantitative estimate of drug-likeness (QED) is 0.577. The monoisotopic (exact) mass is 301 g/mol. The van der Waals surface area contributed by atoms with E-state index in [9.17, 15) is 0 Å². The van der Waals surface area contributed by atoms with Crippen molar-refractivity contribution in [3.63, 3.8) is 0 Å². The Hall–Kier alpha value is -3.48. The number of hydrogen-bond donors (Lipinski definition) is 0. The van der Waals surface area contributed by atoms with Crippen LogP contribution in [0.3, 0.4) is 0 Å².